The van der Waals surface area contributed by atoms with Crippen LogP contribution in [0.25, 0.3) is 5.52 Å². The lowest BCUT2D eigenvalue weighted by molar-refractivity contribution is 0.518. The monoisotopic (exact) mass is 344 g/mol. The number of hydrogen-bond donors (Lipinski definition) is 1. The van der Waals surface area contributed by atoms with Crippen LogP contribution in [-0.4, -0.2) is 14.6 Å². The van der Waals surface area contributed by atoms with Gasteiger partial charge in [0.2, 0.25) is 5.28 Å². The van der Waals surface area contributed by atoms with Crippen molar-refractivity contribution in [1.29, 1.82) is 0 Å². The number of halogens is 1. The summed E-state index contributed by atoms with van der Waals surface area (Å²) in [5.74, 6) is 2.57. The van der Waals surface area contributed by atoms with E-state index in [0.29, 0.717) is 6.54 Å². The Bertz CT molecular complexity index is 836. The van der Waals surface area contributed by atoms with E-state index in [1.54, 1.807) is 6.26 Å². The van der Waals surface area contributed by atoms with Gasteiger partial charge in [-0.15, -0.1) is 5.10 Å². The number of nitrogens with zero attached hydrogens (tertiary/aromatic N) is 3. The summed E-state index contributed by atoms with van der Waals surface area (Å²) >= 11 is 6.11. The van der Waals surface area contributed by atoms with E-state index < -0.39 is 0 Å². The fourth-order valence-electron chi connectivity index (χ4n) is 3.15. The second-order valence-corrected chi connectivity index (χ2v) is 6.89. The van der Waals surface area contributed by atoms with Gasteiger partial charge in [-0.1, -0.05) is 19.3 Å². The quantitative estimate of drug-likeness (QED) is 0.679. The van der Waals surface area contributed by atoms with Crippen LogP contribution in [0.15, 0.2) is 28.9 Å². The summed E-state index contributed by atoms with van der Waals surface area (Å²) < 4.78 is 7.26. The lowest BCUT2D eigenvalue weighted by Crippen LogP contribution is -2.06. The third-order valence-corrected chi connectivity index (χ3v) is 4.88. The molecule has 0 radical (unpaired) electrons. The first-order valence-electron chi connectivity index (χ1n) is 8.51. The summed E-state index contributed by atoms with van der Waals surface area (Å²) in [6, 6.07) is 5.99. The van der Waals surface area contributed by atoms with E-state index in [1.165, 1.54) is 31.2 Å². The average Bonchev–Trinajstić information content (AvgIpc) is 3.14. The number of fused-ring (bicyclic) bond motifs is 1. The normalized spacial score (nSPS) is 14.4. The molecule has 1 aliphatic rings. The highest BCUT2D eigenvalue weighted by molar-refractivity contribution is 6.28. The average molecular weight is 345 g/mol. The maximum absolute atomic E-state index is 6.11. The Hall–Kier alpha value is -2.01. The molecule has 0 spiro atoms. The lowest BCUT2D eigenvalue weighted by atomic mass is 10.1. The van der Waals surface area contributed by atoms with Crippen molar-refractivity contribution in [3.05, 3.63) is 46.8 Å². The molecule has 4 rings (SSSR count). The standard InChI is InChI=1S/C18H21ClN4O/c1-12-14(5-2-4-13-7-8-13)10-16-17(21-18(19)22-23(12)16)20-11-15-6-3-9-24-15/h3,6,9-10,13H,2,4-5,7-8,11H2,1H3,(H,20,21,22). The summed E-state index contributed by atoms with van der Waals surface area (Å²) in [6.07, 6.45) is 8.15. The van der Waals surface area contributed by atoms with Crippen molar-refractivity contribution >= 4 is 22.9 Å². The second kappa shape index (κ2) is 6.48. The molecule has 3 aromatic rings. The van der Waals surface area contributed by atoms with Crippen LogP contribution in [0.3, 0.4) is 0 Å². The van der Waals surface area contributed by atoms with Crippen molar-refractivity contribution in [2.24, 2.45) is 5.92 Å². The van der Waals surface area contributed by atoms with E-state index in [1.807, 2.05) is 16.6 Å². The van der Waals surface area contributed by atoms with E-state index in [-0.39, 0.29) is 5.28 Å². The third kappa shape index (κ3) is 3.26. The maximum Gasteiger partial charge on any atom is 0.243 e. The van der Waals surface area contributed by atoms with Crippen LogP contribution in [0.5, 0.6) is 0 Å². The molecule has 6 heteroatoms. The highest BCUT2D eigenvalue weighted by Crippen LogP contribution is 2.34. The van der Waals surface area contributed by atoms with Crippen LogP contribution >= 0.6 is 11.6 Å². The van der Waals surface area contributed by atoms with Gasteiger partial charge in [0, 0.05) is 5.69 Å². The summed E-state index contributed by atoms with van der Waals surface area (Å²) in [4.78, 5) is 4.35. The van der Waals surface area contributed by atoms with Crippen molar-refractivity contribution < 1.29 is 4.42 Å². The van der Waals surface area contributed by atoms with E-state index in [2.05, 4.69) is 28.4 Å². The van der Waals surface area contributed by atoms with Gasteiger partial charge in [-0.25, -0.2) is 4.52 Å². The van der Waals surface area contributed by atoms with E-state index >= 15 is 0 Å². The van der Waals surface area contributed by atoms with Crippen LogP contribution in [0.1, 0.15) is 42.7 Å². The number of furan rings is 1. The Kier molecular flexibility index (Phi) is 4.19. The van der Waals surface area contributed by atoms with Crippen LogP contribution in [0.4, 0.5) is 5.82 Å². The molecule has 1 N–H and O–H groups in total. The Labute approximate surface area is 146 Å². The first kappa shape index (κ1) is 15.5. The van der Waals surface area contributed by atoms with Crippen LogP contribution in [0, 0.1) is 12.8 Å². The van der Waals surface area contributed by atoms with Gasteiger partial charge in [0.15, 0.2) is 5.82 Å². The van der Waals surface area contributed by atoms with Gasteiger partial charge < -0.3 is 9.73 Å². The number of anilines is 1. The summed E-state index contributed by atoms with van der Waals surface area (Å²) in [6.45, 7) is 2.66. The summed E-state index contributed by atoms with van der Waals surface area (Å²) in [5.41, 5.74) is 3.43. The topological polar surface area (TPSA) is 55.4 Å². The number of nitrogens with one attached hydrogen (secondary N) is 1. The minimum absolute atomic E-state index is 0.243. The van der Waals surface area contributed by atoms with E-state index in [0.717, 1.165) is 35.1 Å². The minimum Gasteiger partial charge on any atom is -0.467 e. The van der Waals surface area contributed by atoms with Crippen molar-refractivity contribution in [2.75, 3.05) is 5.32 Å². The van der Waals surface area contributed by atoms with Gasteiger partial charge in [-0.05, 0) is 61.0 Å². The van der Waals surface area contributed by atoms with Gasteiger partial charge in [0.1, 0.15) is 11.3 Å². The highest BCUT2D eigenvalue weighted by atomic mass is 35.5. The minimum atomic E-state index is 0.243. The van der Waals surface area contributed by atoms with Gasteiger partial charge in [-0.2, -0.15) is 4.98 Å². The van der Waals surface area contributed by atoms with Gasteiger partial charge in [0.05, 0.1) is 12.8 Å². The molecule has 3 heterocycles. The predicted molar refractivity (Wildman–Crippen MR) is 94.4 cm³/mol. The zero-order valence-corrected chi connectivity index (χ0v) is 14.5. The lowest BCUT2D eigenvalue weighted by Gasteiger charge is -2.06. The third-order valence-electron chi connectivity index (χ3n) is 4.72. The zero-order chi connectivity index (χ0) is 16.5. The molecule has 1 saturated carbocycles. The second-order valence-electron chi connectivity index (χ2n) is 6.55. The Morgan fingerprint density at radius 1 is 1.42 bits per heavy atom. The molecule has 0 amide bonds. The fraction of sp³-hybridized carbons (Fsp3) is 0.444. The number of aromatic nitrogens is 3. The number of rotatable bonds is 7. The largest absolute Gasteiger partial charge is 0.467 e. The first-order chi connectivity index (χ1) is 11.7. The molecule has 3 aromatic heterocycles. The number of hydrogen-bond acceptors (Lipinski definition) is 4. The van der Waals surface area contributed by atoms with E-state index in [9.17, 15) is 0 Å². The Balaban J connectivity index is 1.57. The molecule has 5 nitrogen and oxygen atoms in total. The fourth-order valence-corrected chi connectivity index (χ4v) is 3.31. The molecule has 0 unspecified atom stereocenters. The molecular weight excluding hydrogens is 324 g/mol. The Morgan fingerprint density at radius 3 is 3.04 bits per heavy atom. The molecule has 0 bridgehead atoms. The van der Waals surface area contributed by atoms with Crippen molar-refractivity contribution in [2.45, 2.75) is 45.6 Å². The molecule has 1 fully saturated rings. The first-order valence-corrected chi connectivity index (χ1v) is 8.89. The summed E-state index contributed by atoms with van der Waals surface area (Å²) in [7, 11) is 0. The van der Waals surface area contributed by atoms with Crippen molar-refractivity contribution in [1.82, 2.24) is 14.6 Å². The van der Waals surface area contributed by atoms with Gasteiger partial charge >= 0.3 is 0 Å². The van der Waals surface area contributed by atoms with Crippen LogP contribution < -0.4 is 5.32 Å². The smallest absolute Gasteiger partial charge is 0.243 e. The number of aryl methyl sites for hydroxylation is 2. The molecule has 0 aromatic carbocycles. The highest BCUT2D eigenvalue weighted by Gasteiger charge is 2.21. The molecule has 1 aliphatic carbocycles. The SMILES string of the molecule is Cc1c(CCCC2CC2)cc2c(NCc3ccco3)nc(Cl)nn12. The van der Waals surface area contributed by atoms with Gasteiger partial charge in [0.25, 0.3) is 0 Å². The van der Waals surface area contributed by atoms with Crippen LogP contribution in [0.2, 0.25) is 5.28 Å². The van der Waals surface area contributed by atoms with Gasteiger partial charge in [-0.3, -0.25) is 0 Å². The maximum atomic E-state index is 6.11. The van der Waals surface area contributed by atoms with E-state index in [4.69, 9.17) is 16.0 Å². The molecule has 0 atom stereocenters. The van der Waals surface area contributed by atoms with Crippen molar-refractivity contribution in [3.8, 4) is 0 Å². The molecule has 24 heavy (non-hydrogen) atoms. The molecule has 0 aliphatic heterocycles. The molecular formula is C18H21ClN4O. The Morgan fingerprint density at radius 2 is 2.29 bits per heavy atom. The molecule has 126 valence electrons. The molecule has 0 saturated heterocycles. The van der Waals surface area contributed by atoms with Crippen molar-refractivity contribution in [3.63, 3.8) is 0 Å². The summed E-state index contributed by atoms with van der Waals surface area (Å²) in [5, 5.41) is 7.91. The van der Waals surface area contributed by atoms with Crippen LogP contribution in [-0.2, 0) is 13.0 Å². The predicted octanol–water partition coefficient (Wildman–Crippen LogP) is 4.63. The zero-order valence-electron chi connectivity index (χ0n) is 13.8.